The lowest BCUT2D eigenvalue weighted by Gasteiger charge is -2.16. The number of likely N-dealkylation sites (tertiary alicyclic amines) is 1. The van der Waals surface area contributed by atoms with Crippen molar-refractivity contribution in [1.29, 1.82) is 5.26 Å². The van der Waals surface area contributed by atoms with Crippen LogP contribution < -0.4 is 10.6 Å². The SMILES string of the molecule is N#Cc1cccnc1NCC1CCN(CCC(=O)NC2CC2)C1. The summed E-state index contributed by atoms with van der Waals surface area (Å²) in [5, 5.41) is 15.4. The molecular formula is C17H23N5O. The Bertz CT molecular complexity index is 593. The van der Waals surface area contributed by atoms with Crippen molar-refractivity contribution in [3.63, 3.8) is 0 Å². The van der Waals surface area contributed by atoms with Gasteiger partial charge < -0.3 is 15.5 Å². The van der Waals surface area contributed by atoms with Gasteiger partial charge in [-0.15, -0.1) is 0 Å². The van der Waals surface area contributed by atoms with Gasteiger partial charge in [0.05, 0.1) is 5.56 Å². The maximum atomic E-state index is 11.7. The lowest BCUT2D eigenvalue weighted by Crippen LogP contribution is -2.31. The van der Waals surface area contributed by atoms with Crippen molar-refractivity contribution in [3.8, 4) is 6.07 Å². The number of nitriles is 1. The zero-order valence-corrected chi connectivity index (χ0v) is 13.3. The Hall–Kier alpha value is -2.13. The van der Waals surface area contributed by atoms with Crippen LogP contribution >= 0.6 is 0 Å². The number of hydrogen-bond acceptors (Lipinski definition) is 5. The second kappa shape index (κ2) is 7.42. The summed E-state index contributed by atoms with van der Waals surface area (Å²) in [5.41, 5.74) is 0.583. The number of carbonyl (C=O) groups is 1. The van der Waals surface area contributed by atoms with Gasteiger partial charge in [-0.25, -0.2) is 4.98 Å². The third-order valence-corrected chi connectivity index (χ3v) is 4.45. The molecule has 6 heteroatoms. The van der Waals surface area contributed by atoms with E-state index in [-0.39, 0.29) is 5.91 Å². The molecule has 1 atom stereocenters. The Morgan fingerprint density at radius 1 is 1.43 bits per heavy atom. The lowest BCUT2D eigenvalue weighted by molar-refractivity contribution is -0.121. The molecule has 122 valence electrons. The fourth-order valence-corrected chi connectivity index (χ4v) is 2.95. The van der Waals surface area contributed by atoms with Crippen LogP contribution in [0.5, 0.6) is 0 Å². The van der Waals surface area contributed by atoms with Crippen LogP contribution in [-0.2, 0) is 4.79 Å². The predicted molar refractivity (Wildman–Crippen MR) is 87.8 cm³/mol. The molecule has 0 bridgehead atoms. The minimum absolute atomic E-state index is 0.182. The highest BCUT2D eigenvalue weighted by molar-refractivity contribution is 5.76. The molecule has 0 radical (unpaired) electrons. The number of nitrogens with zero attached hydrogens (tertiary/aromatic N) is 3. The first-order chi connectivity index (χ1) is 11.2. The summed E-state index contributed by atoms with van der Waals surface area (Å²) in [4.78, 5) is 18.3. The lowest BCUT2D eigenvalue weighted by atomic mass is 10.1. The molecule has 23 heavy (non-hydrogen) atoms. The number of carbonyl (C=O) groups excluding carboxylic acids is 1. The fourth-order valence-electron chi connectivity index (χ4n) is 2.95. The summed E-state index contributed by atoms with van der Waals surface area (Å²) in [5.74, 6) is 1.38. The van der Waals surface area contributed by atoms with Gasteiger partial charge in [-0.2, -0.15) is 5.26 Å². The fraction of sp³-hybridized carbons (Fsp3) is 0.588. The minimum atomic E-state index is 0.182. The van der Waals surface area contributed by atoms with Crippen LogP contribution in [0.25, 0.3) is 0 Å². The number of hydrogen-bond donors (Lipinski definition) is 2. The topological polar surface area (TPSA) is 81.1 Å². The molecule has 2 N–H and O–H groups in total. The van der Waals surface area contributed by atoms with Crippen LogP contribution in [0.3, 0.4) is 0 Å². The Balaban J connectivity index is 1.37. The van der Waals surface area contributed by atoms with Gasteiger partial charge >= 0.3 is 0 Å². The Morgan fingerprint density at radius 2 is 2.30 bits per heavy atom. The second-order valence-corrected chi connectivity index (χ2v) is 6.44. The van der Waals surface area contributed by atoms with Gasteiger partial charge in [0.1, 0.15) is 11.9 Å². The number of nitrogens with one attached hydrogen (secondary N) is 2. The number of pyridine rings is 1. The van der Waals surface area contributed by atoms with Crippen molar-refractivity contribution < 1.29 is 4.79 Å². The molecule has 1 aliphatic heterocycles. The van der Waals surface area contributed by atoms with Crippen molar-refractivity contribution in [3.05, 3.63) is 23.9 Å². The van der Waals surface area contributed by atoms with E-state index in [0.29, 0.717) is 29.8 Å². The monoisotopic (exact) mass is 313 g/mol. The molecule has 0 spiro atoms. The Kier molecular flexibility index (Phi) is 5.09. The molecular weight excluding hydrogens is 290 g/mol. The van der Waals surface area contributed by atoms with E-state index >= 15 is 0 Å². The van der Waals surface area contributed by atoms with Crippen LogP contribution in [0.2, 0.25) is 0 Å². The van der Waals surface area contributed by atoms with Crippen molar-refractivity contribution in [1.82, 2.24) is 15.2 Å². The smallest absolute Gasteiger partial charge is 0.221 e. The molecule has 2 fully saturated rings. The van der Waals surface area contributed by atoms with Crippen molar-refractivity contribution in [2.75, 3.05) is 31.5 Å². The van der Waals surface area contributed by atoms with E-state index in [0.717, 1.165) is 45.4 Å². The van der Waals surface area contributed by atoms with Gasteiger partial charge in [0, 0.05) is 38.3 Å². The van der Waals surface area contributed by atoms with Crippen LogP contribution in [-0.4, -0.2) is 48.0 Å². The van der Waals surface area contributed by atoms with Gasteiger partial charge in [0.2, 0.25) is 5.91 Å². The Morgan fingerprint density at radius 3 is 3.09 bits per heavy atom. The molecule has 0 aromatic carbocycles. The van der Waals surface area contributed by atoms with Crippen molar-refractivity contribution in [2.45, 2.75) is 31.7 Å². The summed E-state index contributed by atoms with van der Waals surface area (Å²) in [6.07, 6.45) is 5.69. The highest BCUT2D eigenvalue weighted by Gasteiger charge is 2.25. The van der Waals surface area contributed by atoms with E-state index in [1.807, 2.05) is 0 Å². The van der Waals surface area contributed by atoms with Crippen LogP contribution in [0.1, 0.15) is 31.2 Å². The molecule has 2 heterocycles. The molecule has 1 aromatic heterocycles. The molecule has 1 amide bonds. The summed E-state index contributed by atoms with van der Waals surface area (Å²) < 4.78 is 0. The highest BCUT2D eigenvalue weighted by atomic mass is 16.1. The number of amides is 1. The molecule has 1 saturated heterocycles. The molecule has 1 unspecified atom stereocenters. The second-order valence-electron chi connectivity index (χ2n) is 6.44. The summed E-state index contributed by atoms with van der Waals surface area (Å²) in [7, 11) is 0. The zero-order chi connectivity index (χ0) is 16.1. The third kappa shape index (κ3) is 4.67. The average Bonchev–Trinajstić information content (AvgIpc) is 3.26. The van der Waals surface area contributed by atoms with E-state index in [1.54, 1.807) is 18.3 Å². The summed E-state index contributed by atoms with van der Waals surface area (Å²) >= 11 is 0. The molecule has 6 nitrogen and oxygen atoms in total. The molecule has 1 saturated carbocycles. The third-order valence-electron chi connectivity index (χ3n) is 4.45. The molecule has 1 aromatic rings. The normalized spacial score (nSPS) is 20.9. The molecule has 2 aliphatic rings. The first-order valence-electron chi connectivity index (χ1n) is 8.35. The number of rotatable bonds is 7. The van der Waals surface area contributed by atoms with Crippen LogP contribution in [0.15, 0.2) is 18.3 Å². The van der Waals surface area contributed by atoms with Crippen molar-refractivity contribution >= 4 is 11.7 Å². The van der Waals surface area contributed by atoms with E-state index < -0.39 is 0 Å². The van der Waals surface area contributed by atoms with Gasteiger partial charge in [-0.1, -0.05) is 0 Å². The predicted octanol–water partition coefficient (Wildman–Crippen LogP) is 1.36. The summed E-state index contributed by atoms with van der Waals surface area (Å²) in [6.45, 7) is 3.69. The highest BCUT2D eigenvalue weighted by Crippen LogP contribution is 2.20. The van der Waals surface area contributed by atoms with E-state index in [2.05, 4.69) is 26.6 Å². The quantitative estimate of drug-likeness (QED) is 0.794. The first-order valence-corrected chi connectivity index (χ1v) is 8.35. The molecule has 3 rings (SSSR count). The maximum Gasteiger partial charge on any atom is 0.221 e. The number of aromatic nitrogens is 1. The minimum Gasteiger partial charge on any atom is -0.369 e. The molecule has 1 aliphatic carbocycles. The van der Waals surface area contributed by atoms with Gasteiger partial charge in [-0.05, 0) is 43.9 Å². The largest absolute Gasteiger partial charge is 0.369 e. The maximum absolute atomic E-state index is 11.7. The van der Waals surface area contributed by atoms with E-state index in [9.17, 15) is 4.79 Å². The standard InChI is InChI=1S/C17H23N5O/c18-10-14-2-1-7-19-17(14)20-11-13-5-8-22(12-13)9-6-16(23)21-15-3-4-15/h1-2,7,13,15H,3-6,8-9,11-12H2,(H,19,20)(H,21,23). The zero-order valence-electron chi connectivity index (χ0n) is 13.3. The van der Waals surface area contributed by atoms with Gasteiger partial charge in [0.15, 0.2) is 0 Å². The van der Waals surface area contributed by atoms with E-state index in [1.165, 1.54) is 0 Å². The van der Waals surface area contributed by atoms with Crippen molar-refractivity contribution in [2.24, 2.45) is 5.92 Å². The average molecular weight is 313 g/mol. The van der Waals surface area contributed by atoms with Gasteiger partial charge in [0.25, 0.3) is 0 Å². The Labute approximate surface area is 136 Å². The summed E-state index contributed by atoms with van der Waals surface area (Å²) in [6, 6.07) is 6.15. The van der Waals surface area contributed by atoms with Crippen LogP contribution in [0, 0.1) is 17.2 Å². The number of anilines is 1. The van der Waals surface area contributed by atoms with Crippen LogP contribution in [0.4, 0.5) is 5.82 Å². The first kappa shape index (κ1) is 15.8. The van der Waals surface area contributed by atoms with E-state index in [4.69, 9.17) is 5.26 Å². The van der Waals surface area contributed by atoms with Gasteiger partial charge in [-0.3, -0.25) is 4.79 Å².